The minimum Gasteiger partial charge on any atom is -0.468 e. The minimum atomic E-state index is -0.978. The highest BCUT2D eigenvalue weighted by atomic mass is 16.5. The van der Waals surface area contributed by atoms with Gasteiger partial charge in [0.05, 0.1) is 13.2 Å². The first-order valence-corrected chi connectivity index (χ1v) is 6.00. The Hall–Kier alpha value is -1.39. The summed E-state index contributed by atoms with van der Waals surface area (Å²) in [4.78, 5) is 12.1. The van der Waals surface area contributed by atoms with E-state index in [4.69, 9.17) is 10.5 Å². The third-order valence-electron chi connectivity index (χ3n) is 3.23. The number of hydrogen-bond acceptors (Lipinski definition) is 4. The molecule has 0 radical (unpaired) electrons. The average Bonchev–Trinajstić information content (AvgIpc) is 2.35. The second kappa shape index (κ2) is 5.98. The van der Waals surface area contributed by atoms with Crippen LogP contribution in [0.1, 0.15) is 24.5 Å². The first-order valence-electron chi connectivity index (χ1n) is 6.00. The monoisotopic (exact) mass is 251 g/mol. The number of methoxy groups -OCH3 is 1. The van der Waals surface area contributed by atoms with Gasteiger partial charge >= 0.3 is 5.97 Å². The molecule has 0 aliphatic heterocycles. The molecule has 0 bridgehead atoms. The molecule has 0 aliphatic rings. The van der Waals surface area contributed by atoms with Gasteiger partial charge in [-0.15, -0.1) is 0 Å². The summed E-state index contributed by atoms with van der Waals surface area (Å²) in [7, 11) is 1.34. The van der Waals surface area contributed by atoms with E-state index in [0.717, 1.165) is 11.1 Å². The van der Waals surface area contributed by atoms with Crippen molar-refractivity contribution < 1.29 is 14.6 Å². The number of benzene rings is 1. The van der Waals surface area contributed by atoms with Gasteiger partial charge in [-0.1, -0.05) is 24.3 Å². The van der Waals surface area contributed by atoms with Gasteiger partial charge in [0.2, 0.25) is 0 Å². The van der Waals surface area contributed by atoms with E-state index in [0.29, 0.717) is 0 Å². The number of esters is 1. The average molecular weight is 251 g/mol. The molecule has 1 aromatic carbocycles. The van der Waals surface area contributed by atoms with Gasteiger partial charge in [-0.25, -0.2) is 0 Å². The van der Waals surface area contributed by atoms with Gasteiger partial charge in [-0.05, 0) is 31.4 Å². The number of ether oxygens (including phenoxy) is 1. The lowest BCUT2D eigenvalue weighted by atomic mass is 9.74. The summed E-state index contributed by atoms with van der Waals surface area (Å²) in [5, 5.41) is 9.65. The second-order valence-electron chi connectivity index (χ2n) is 4.65. The lowest BCUT2D eigenvalue weighted by molar-refractivity contribution is -0.148. The Labute approximate surface area is 108 Å². The smallest absolute Gasteiger partial charge is 0.317 e. The molecule has 0 saturated carbocycles. The van der Waals surface area contributed by atoms with Crippen LogP contribution in [0.5, 0.6) is 0 Å². The van der Waals surface area contributed by atoms with Crippen LogP contribution in [0.4, 0.5) is 0 Å². The van der Waals surface area contributed by atoms with Crippen molar-refractivity contribution in [2.24, 2.45) is 5.73 Å². The Morgan fingerprint density at radius 3 is 2.56 bits per heavy atom. The zero-order chi connectivity index (χ0) is 13.8. The second-order valence-corrected chi connectivity index (χ2v) is 4.65. The molecule has 1 rings (SSSR count). The quantitative estimate of drug-likeness (QED) is 0.770. The normalized spacial score (nSPS) is 15.8. The van der Waals surface area contributed by atoms with Gasteiger partial charge in [0.25, 0.3) is 0 Å². The zero-order valence-corrected chi connectivity index (χ0v) is 11.1. The molecule has 2 unspecified atom stereocenters. The van der Waals surface area contributed by atoms with Crippen LogP contribution in [-0.4, -0.2) is 30.8 Å². The van der Waals surface area contributed by atoms with Gasteiger partial charge < -0.3 is 15.6 Å². The van der Waals surface area contributed by atoms with E-state index < -0.39 is 17.5 Å². The van der Waals surface area contributed by atoms with Crippen molar-refractivity contribution in [3.05, 3.63) is 35.4 Å². The Morgan fingerprint density at radius 1 is 1.50 bits per heavy atom. The number of aliphatic hydroxyl groups is 1. The molecule has 100 valence electrons. The van der Waals surface area contributed by atoms with Crippen molar-refractivity contribution in [1.29, 1.82) is 0 Å². The summed E-state index contributed by atoms with van der Waals surface area (Å²) < 4.78 is 4.89. The summed E-state index contributed by atoms with van der Waals surface area (Å²) in [5.74, 6) is -0.403. The summed E-state index contributed by atoms with van der Waals surface area (Å²) in [5.41, 5.74) is 6.63. The predicted molar refractivity (Wildman–Crippen MR) is 70.2 cm³/mol. The van der Waals surface area contributed by atoms with Crippen LogP contribution in [0, 0.1) is 6.92 Å². The van der Waals surface area contributed by atoms with Gasteiger partial charge in [-0.3, -0.25) is 4.79 Å². The minimum absolute atomic E-state index is 0.107. The lowest BCUT2D eigenvalue weighted by Crippen LogP contribution is -2.46. The summed E-state index contributed by atoms with van der Waals surface area (Å²) in [6.45, 7) is 3.67. The van der Waals surface area contributed by atoms with Crippen LogP contribution in [0.15, 0.2) is 24.3 Å². The molecular weight excluding hydrogens is 230 g/mol. The van der Waals surface area contributed by atoms with Crippen LogP contribution in [0.2, 0.25) is 0 Å². The highest BCUT2D eigenvalue weighted by molar-refractivity contribution is 5.84. The molecule has 0 fully saturated rings. The Kier molecular flexibility index (Phi) is 4.87. The Bertz CT molecular complexity index is 417. The molecular formula is C14H21NO3. The number of rotatable bonds is 5. The van der Waals surface area contributed by atoms with E-state index in [1.807, 2.05) is 31.2 Å². The standard InChI is InChI=1S/C14H21NO3/c1-10-6-4-5-7-12(10)14(9-15,8-11(2)16)13(17)18-3/h4-7,11,16H,8-9,15H2,1-3H3. The van der Waals surface area contributed by atoms with Gasteiger partial charge in [0, 0.05) is 6.54 Å². The molecule has 3 N–H and O–H groups in total. The lowest BCUT2D eigenvalue weighted by Gasteiger charge is -2.32. The van der Waals surface area contributed by atoms with Crippen molar-refractivity contribution in [3.8, 4) is 0 Å². The van der Waals surface area contributed by atoms with Crippen LogP contribution < -0.4 is 5.73 Å². The fourth-order valence-electron chi connectivity index (χ4n) is 2.39. The van der Waals surface area contributed by atoms with Crippen LogP contribution >= 0.6 is 0 Å². The molecule has 0 aliphatic carbocycles. The molecule has 18 heavy (non-hydrogen) atoms. The van der Waals surface area contributed by atoms with E-state index in [1.165, 1.54) is 7.11 Å². The van der Waals surface area contributed by atoms with E-state index >= 15 is 0 Å². The number of hydrogen-bond donors (Lipinski definition) is 2. The van der Waals surface area contributed by atoms with E-state index in [1.54, 1.807) is 6.92 Å². The third kappa shape index (κ3) is 2.71. The van der Waals surface area contributed by atoms with Crippen LogP contribution in [0.25, 0.3) is 0 Å². The topological polar surface area (TPSA) is 72.5 Å². The van der Waals surface area contributed by atoms with E-state index in [-0.39, 0.29) is 13.0 Å². The number of aryl methyl sites for hydroxylation is 1. The van der Waals surface area contributed by atoms with E-state index in [9.17, 15) is 9.90 Å². The zero-order valence-electron chi connectivity index (χ0n) is 11.1. The molecule has 1 aromatic rings. The highest BCUT2D eigenvalue weighted by Crippen LogP contribution is 2.32. The van der Waals surface area contributed by atoms with Crippen molar-refractivity contribution in [2.45, 2.75) is 31.8 Å². The van der Waals surface area contributed by atoms with E-state index in [2.05, 4.69) is 0 Å². The van der Waals surface area contributed by atoms with Crippen molar-refractivity contribution in [3.63, 3.8) is 0 Å². The number of aliphatic hydroxyl groups excluding tert-OH is 1. The molecule has 0 amide bonds. The maximum Gasteiger partial charge on any atom is 0.317 e. The number of carbonyl (C=O) groups is 1. The predicted octanol–water partition coefficient (Wildman–Crippen LogP) is 1.14. The number of nitrogens with two attached hydrogens (primary N) is 1. The van der Waals surface area contributed by atoms with Crippen molar-refractivity contribution in [1.82, 2.24) is 0 Å². The number of carbonyl (C=O) groups excluding carboxylic acids is 1. The molecule has 4 heteroatoms. The first kappa shape index (κ1) is 14.7. The SMILES string of the molecule is COC(=O)C(CN)(CC(C)O)c1ccccc1C. The van der Waals surface area contributed by atoms with Gasteiger partial charge in [-0.2, -0.15) is 0 Å². The fourth-order valence-corrected chi connectivity index (χ4v) is 2.39. The fraction of sp³-hybridized carbons (Fsp3) is 0.500. The van der Waals surface area contributed by atoms with Crippen LogP contribution in [-0.2, 0) is 14.9 Å². The Morgan fingerprint density at radius 2 is 2.11 bits per heavy atom. The largest absolute Gasteiger partial charge is 0.468 e. The van der Waals surface area contributed by atoms with Crippen molar-refractivity contribution in [2.75, 3.05) is 13.7 Å². The summed E-state index contributed by atoms with van der Waals surface area (Å²) >= 11 is 0. The summed E-state index contributed by atoms with van der Waals surface area (Å²) in [6, 6.07) is 7.55. The van der Waals surface area contributed by atoms with Gasteiger partial charge in [0.15, 0.2) is 0 Å². The Balaban J connectivity index is 3.35. The summed E-state index contributed by atoms with van der Waals surface area (Å²) in [6.07, 6.45) is -0.381. The molecule has 0 aromatic heterocycles. The molecule has 2 atom stereocenters. The highest BCUT2D eigenvalue weighted by Gasteiger charge is 2.42. The molecule has 0 saturated heterocycles. The van der Waals surface area contributed by atoms with Gasteiger partial charge in [0.1, 0.15) is 5.41 Å². The first-order chi connectivity index (χ1) is 8.47. The maximum atomic E-state index is 12.1. The molecule has 0 spiro atoms. The third-order valence-corrected chi connectivity index (χ3v) is 3.23. The molecule has 0 heterocycles. The molecule has 4 nitrogen and oxygen atoms in total. The van der Waals surface area contributed by atoms with Crippen molar-refractivity contribution >= 4 is 5.97 Å². The maximum absolute atomic E-state index is 12.1. The van der Waals surface area contributed by atoms with Crippen LogP contribution in [0.3, 0.4) is 0 Å².